The first kappa shape index (κ1) is 20.5. The average molecular weight is 378 g/mol. The molecule has 2 atom stereocenters. The summed E-state index contributed by atoms with van der Waals surface area (Å²) in [7, 11) is 0. The highest BCUT2D eigenvalue weighted by Gasteiger charge is 2.25. The Hall–Kier alpha value is -0.840. The van der Waals surface area contributed by atoms with Gasteiger partial charge in [-0.25, -0.2) is 0 Å². The van der Waals surface area contributed by atoms with E-state index in [4.69, 9.17) is 12.2 Å². The molecule has 1 aromatic rings. The van der Waals surface area contributed by atoms with Crippen molar-refractivity contribution in [2.45, 2.75) is 58.1 Å². The zero-order chi connectivity index (χ0) is 18.1. The van der Waals surface area contributed by atoms with E-state index in [1.807, 2.05) is 17.8 Å². The van der Waals surface area contributed by atoms with Crippen LogP contribution < -0.4 is 0 Å². The standard InChI is InChI=1S/C21H31NOS2/c1-3-4-13-25-14-12-22-19(9-11-21(22)24)8-10-20(23)16-18-7-5-6-17(2)15-18/h5-8,10,15,19-20,23H,3-4,9,11-14,16H2,1-2H3/b10-8+/t19-,20+/m0/s1. The van der Waals surface area contributed by atoms with Gasteiger partial charge in [0.2, 0.25) is 0 Å². The molecule has 1 N–H and O–H groups in total. The second-order valence-electron chi connectivity index (χ2n) is 6.80. The first-order chi connectivity index (χ1) is 12.1. The fourth-order valence-corrected chi connectivity index (χ4v) is 4.53. The predicted octanol–water partition coefficient (Wildman–Crippen LogP) is 4.78. The fourth-order valence-electron chi connectivity index (χ4n) is 3.16. The minimum absolute atomic E-state index is 0.353. The lowest BCUT2D eigenvalue weighted by Crippen LogP contribution is -2.33. The third-order valence-corrected chi connectivity index (χ3v) is 6.06. The van der Waals surface area contributed by atoms with Crippen LogP contribution in [0, 0.1) is 6.92 Å². The van der Waals surface area contributed by atoms with E-state index in [-0.39, 0.29) is 0 Å². The number of thioether (sulfide) groups is 1. The highest BCUT2D eigenvalue weighted by atomic mass is 32.2. The van der Waals surface area contributed by atoms with Gasteiger partial charge >= 0.3 is 0 Å². The van der Waals surface area contributed by atoms with Crippen LogP contribution in [0.25, 0.3) is 0 Å². The largest absolute Gasteiger partial charge is 0.389 e. The molecule has 0 amide bonds. The zero-order valence-electron chi connectivity index (χ0n) is 15.5. The summed E-state index contributed by atoms with van der Waals surface area (Å²) in [6.07, 6.45) is 8.99. The molecular formula is C21H31NOS2. The number of likely N-dealkylation sites (tertiary alicyclic amines) is 1. The van der Waals surface area contributed by atoms with Crippen LogP contribution in [0.2, 0.25) is 0 Å². The molecular weight excluding hydrogens is 346 g/mol. The molecule has 1 aliphatic rings. The van der Waals surface area contributed by atoms with E-state index < -0.39 is 6.10 Å². The van der Waals surface area contributed by atoms with Gasteiger partial charge in [-0.3, -0.25) is 0 Å². The van der Waals surface area contributed by atoms with E-state index in [1.54, 1.807) is 0 Å². The minimum atomic E-state index is -0.434. The van der Waals surface area contributed by atoms with Crippen molar-refractivity contribution in [1.82, 2.24) is 4.90 Å². The lowest BCUT2D eigenvalue weighted by Gasteiger charge is -2.24. The van der Waals surface area contributed by atoms with Gasteiger partial charge in [0.15, 0.2) is 0 Å². The number of rotatable bonds is 10. The monoisotopic (exact) mass is 377 g/mol. The summed E-state index contributed by atoms with van der Waals surface area (Å²) in [6, 6.07) is 8.71. The fraction of sp³-hybridized carbons (Fsp3) is 0.571. The van der Waals surface area contributed by atoms with E-state index in [2.05, 4.69) is 49.1 Å². The van der Waals surface area contributed by atoms with Crippen molar-refractivity contribution in [2.75, 3.05) is 18.1 Å². The van der Waals surface area contributed by atoms with Gasteiger partial charge in [-0.05, 0) is 31.1 Å². The summed E-state index contributed by atoms with van der Waals surface area (Å²) in [5.41, 5.74) is 2.42. The molecule has 0 unspecified atom stereocenters. The van der Waals surface area contributed by atoms with Crippen molar-refractivity contribution in [1.29, 1.82) is 0 Å². The van der Waals surface area contributed by atoms with Crippen molar-refractivity contribution < 1.29 is 5.11 Å². The molecule has 4 heteroatoms. The number of hydrogen-bond donors (Lipinski definition) is 1. The number of unbranched alkanes of at least 4 members (excludes halogenated alkanes) is 1. The second kappa shape index (κ2) is 11.0. The molecule has 0 spiro atoms. The highest BCUT2D eigenvalue weighted by molar-refractivity contribution is 7.99. The third-order valence-electron chi connectivity index (χ3n) is 4.58. The molecule has 0 aromatic heterocycles. The van der Waals surface area contributed by atoms with E-state index in [0.717, 1.165) is 30.1 Å². The maximum atomic E-state index is 10.3. The maximum absolute atomic E-state index is 10.3. The zero-order valence-corrected chi connectivity index (χ0v) is 17.1. The molecule has 138 valence electrons. The van der Waals surface area contributed by atoms with Crippen LogP contribution in [0.15, 0.2) is 36.4 Å². The second-order valence-corrected chi connectivity index (χ2v) is 8.50. The van der Waals surface area contributed by atoms with Crippen molar-refractivity contribution >= 4 is 29.0 Å². The topological polar surface area (TPSA) is 23.5 Å². The molecule has 2 nitrogen and oxygen atoms in total. The van der Waals surface area contributed by atoms with Crippen molar-refractivity contribution in [2.24, 2.45) is 0 Å². The lowest BCUT2D eigenvalue weighted by molar-refractivity contribution is 0.222. The molecule has 0 aliphatic carbocycles. The van der Waals surface area contributed by atoms with Gasteiger partial charge < -0.3 is 10.0 Å². The molecule has 0 bridgehead atoms. The van der Waals surface area contributed by atoms with Crippen LogP contribution in [-0.4, -0.2) is 45.2 Å². The summed E-state index contributed by atoms with van der Waals surface area (Å²) >= 11 is 7.56. The summed E-state index contributed by atoms with van der Waals surface area (Å²) < 4.78 is 0. The summed E-state index contributed by atoms with van der Waals surface area (Å²) in [4.78, 5) is 3.43. The SMILES string of the molecule is CCCCSCCN1C(=S)CC[C@@H]1/C=C/[C@@H](O)Cc1cccc(C)c1. The van der Waals surface area contributed by atoms with Crippen LogP contribution in [0.1, 0.15) is 43.7 Å². The van der Waals surface area contributed by atoms with Gasteiger partial charge in [-0.2, -0.15) is 11.8 Å². The Morgan fingerprint density at radius 3 is 3.00 bits per heavy atom. The number of benzene rings is 1. The number of nitrogens with zero attached hydrogens (tertiary/aromatic N) is 1. The quantitative estimate of drug-likeness (QED) is 0.360. The molecule has 25 heavy (non-hydrogen) atoms. The van der Waals surface area contributed by atoms with Gasteiger partial charge in [0.25, 0.3) is 0 Å². The predicted molar refractivity (Wildman–Crippen MR) is 115 cm³/mol. The first-order valence-electron chi connectivity index (χ1n) is 9.39. The Kier molecular flexibility index (Phi) is 9.00. The smallest absolute Gasteiger partial charge is 0.0785 e. The Balaban J connectivity index is 1.82. The summed E-state index contributed by atoms with van der Waals surface area (Å²) in [6.45, 7) is 5.34. The molecule has 1 aliphatic heterocycles. The Labute approximate surface area is 162 Å². The summed E-state index contributed by atoms with van der Waals surface area (Å²) in [5, 5.41) is 10.3. The van der Waals surface area contributed by atoms with Crippen LogP contribution in [0.4, 0.5) is 0 Å². The van der Waals surface area contributed by atoms with Crippen molar-refractivity contribution in [3.05, 3.63) is 47.5 Å². The Morgan fingerprint density at radius 2 is 2.24 bits per heavy atom. The van der Waals surface area contributed by atoms with Gasteiger partial charge in [0.05, 0.1) is 11.1 Å². The van der Waals surface area contributed by atoms with Crippen LogP contribution in [-0.2, 0) is 6.42 Å². The van der Waals surface area contributed by atoms with E-state index in [0.29, 0.717) is 12.5 Å². The maximum Gasteiger partial charge on any atom is 0.0785 e. The van der Waals surface area contributed by atoms with E-state index in [1.165, 1.54) is 29.7 Å². The first-order valence-corrected chi connectivity index (χ1v) is 11.0. The average Bonchev–Trinajstić information content (AvgIpc) is 2.93. The van der Waals surface area contributed by atoms with Crippen LogP contribution in [0.5, 0.6) is 0 Å². The third kappa shape index (κ3) is 7.12. The molecule has 1 aromatic carbocycles. The van der Waals surface area contributed by atoms with Gasteiger partial charge in [-0.15, -0.1) is 0 Å². The molecule has 0 radical (unpaired) electrons. The van der Waals surface area contributed by atoms with Crippen LogP contribution in [0.3, 0.4) is 0 Å². The van der Waals surface area contributed by atoms with Crippen molar-refractivity contribution in [3.8, 4) is 0 Å². The Bertz CT molecular complexity index is 573. The van der Waals surface area contributed by atoms with E-state index in [9.17, 15) is 5.11 Å². The molecule has 1 fully saturated rings. The number of aliphatic hydroxyl groups is 1. The highest BCUT2D eigenvalue weighted by Crippen LogP contribution is 2.22. The number of hydrogen-bond acceptors (Lipinski definition) is 3. The molecule has 2 rings (SSSR count). The van der Waals surface area contributed by atoms with Gasteiger partial charge in [-0.1, -0.05) is 67.5 Å². The Morgan fingerprint density at radius 1 is 1.40 bits per heavy atom. The summed E-state index contributed by atoms with van der Waals surface area (Å²) in [5.74, 6) is 2.38. The van der Waals surface area contributed by atoms with E-state index >= 15 is 0 Å². The number of aryl methyl sites for hydroxylation is 1. The van der Waals surface area contributed by atoms with Crippen molar-refractivity contribution in [3.63, 3.8) is 0 Å². The lowest BCUT2D eigenvalue weighted by atomic mass is 10.0. The van der Waals surface area contributed by atoms with Gasteiger partial charge in [0.1, 0.15) is 0 Å². The van der Waals surface area contributed by atoms with Gasteiger partial charge in [0, 0.05) is 31.2 Å². The minimum Gasteiger partial charge on any atom is -0.389 e. The number of aliphatic hydroxyl groups excluding tert-OH is 1. The molecule has 1 saturated heterocycles. The normalized spacial score (nSPS) is 19.1. The molecule has 0 saturated carbocycles. The molecule has 1 heterocycles. The van der Waals surface area contributed by atoms with Crippen LogP contribution >= 0.6 is 24.0 Å². The number of thiocarbonyl (C=S) groups is 1.